The molecule has 250 valence electrons. The van der Waals surface area contributed by atoms with Crippen LogP contribution in [0.4, 0.5) is 0 Å². The van der Waals surface area contributed by atoms with Crippen molar-refractivity contribution in [2.45, 2.75) is 12.6 Å². The zero-order valence-corrected chi connectivity index (χ0v) is 28.4. The highest BCUT2D eigenvalue weighted by Crippen LogP contribution is 2.35. The lowest BCUT2D eigenvalue weighted by atomic mass is 9.99. The molecule has 0 spiro atoms. The molecule has 6 nitrogen and oxygen atoms in total. The Kier molecular flexibility index (Phi) is 8.54. The molecule has 6 heteroatoms. The zero-order chi connectivity index (χ0) is 35.6. The zero-order valence-electron chi connectivity index (χ0n) is 28.4. The van der Waals surface area contributed by atoms with Crippen LogP contribution in [0.5, 0.6) is 0 Å². The molecule has 0 bridgehead atoms. The van der Waals surface area contributed by atoms with Crippen LogP contribution < -0.4 is 11.1 Å². The molecule has 0 aliphatic heterocycles. The summed E-state index contributed by atoms with van der Waals surface area (Å²) in [7, 11) is 0. The van der Waals surface area contributed by atoms with E-state index in [2.05, 4.69) is 77.1 Å². The summed E-state index contributed by atoms with van der Waals surface area (Å²) in [5.41, 5.74) is 18.5. The van der Waals surface area contributed by atoms with Gasteiger partial charge in [0.15, 0.2) is 0 Å². The first-order valence-electron chi connectivity index (χ1n) is 17.1. The summed E-state index contributed by atoms with van der Waals surface area (Å²) in [6.07, 6.45) is 6.06. The fraction of sp³-hybridized carbons (Fsp3) is 0.0435. The predicted molar refractivity (Wildman–Crippen MR) is 212 cm³/mol. The Labute approximate surface area is 301 Å². The summed E-state index contributed by atoms with van der Waals surface area (Å²) >= 11 is 0. The molecule has 0 amide bonds. The molecule has 0 saturated heterocycles. The fourth-order valence-corrected chi connectivity index (χ4v) is 6.75. The third kappa shape index (κ3) is 6.29. The molecule has 0 fully saturated rings. The molecular formula is C46H35N5O. The van der Waals surface area contributed by atoms with Crippen LogP contribution in [0.25, 0.3) is 55.4 Å². The minimum atomic E-state index is -0.394. The summed E-state index contributed by atoms with van der Waals surface area (Å²) < 4.78 is 8.41. The van der Waals surface area contributed by atoms with Gasteiger partial charge in [0, 0.05) is 33.7 Å². The Hall–Kier alpha value is -6.94. The maximum atomic E-state index is 9.34. The second-order valence-corrected chi connectivity index (χ2v) is 12.8. The number of aromatic nitrogens is 1. The van der Waals surface area contributed by atoms with E-state index in [4.69, 9.17) is 15.6 Å². The molecule has 0 aliphatic rings. The number of hydrogen-bond acceptors (Lipinski definition) is 5. The van der Waals surface area contributed by atoms with Gasteiger partial charge in [-0.2, -0.15) is 5.26 Å². The van der Waals surface area contributed by atoms with Crippen molar-refractivity contribution >= 4 is 44.3 Å². The Morgan fingerprint density at radius 3 is 2.35 bits per heavy atom. The second kappa shape index (κ2) is 13.8. The first-order valence-corrected chi connectivity index (χ1v) is 17.1. The number of allylic oxidation sites excluding steroid dienone is 2. The van der Waals surface area contributed by atoms with Crippen LogP contribution in [0.3, 0.4) is 0 Å². The fourth-order valence-electron chi connectivity index (χ4n) is 6.75. The number of nitrogens with zero attached hydrogens (tertiary/aromatic N) is 2. The van der Waals surface area contributed by atoms with E-state index < -0.39 is 6.17 Å². The average molecular weight is 674 g/mol. The Morgan fingerprint density at radius 1 is 0.808 bits per heavy atom. The molecule has 8 aromatic rings. The number of rotatable bonds is 10. The molecule has 1 unspecified atom stereocenters. The smallest absolute Gasteiger partial charge is 0.135 e. The normalized spacial score (nSPS) is 12.2. The number of hydrogen-bond donors (Lipinski definition) is 3. The minimum Gasteiger partial charge on any atom is -0.456 e. The third-order valence-corrected chi connectivity index (χ3v) is 9.53. The monoisotopic (exact) mass is 673 g/mol. The SMILES string of the molecule is C=CC(=N)c1ccc(/C(=C/Cc2cccc(-c3ccc4oc5ccc(-n6ccc7cc(C#N)ccc76)cc5c4c3)c2)NC(N)c2ccccc2)cc1. The standard InChI is InChI=1S/C46H35N5O/c1-2-41(48)32-13-15-33(16-14-32)42(50-46(49)34-8-4-3-5-9-34)19-11-30-7-6-10-35(25-30)36-17-21-44-39(27-36)40-28-38(18-22-45(40)52-44)51-24-23-37-26-31(29-47)12-20-43(37)51/h2-10,12-28,46,48,50H,1,11,49H2/b42-19-,48-41?. The van der Waals surface area contributed by atoms with E-state index in [-0.39, 0.29) is 0 Å². The molecular weight excluding hydrogens is 639 g/mol. The van der Waals surface area contributed by atoms with Gasteiger partial charge in [-0.25, -0.2) is 0 Å². The van der Waals surface area contributed by atoms with Gasteiger partial charge in [0.1, 0.15) is 17.3 Å². The van der Waals surface area contributed by atoms with Gasteiger partial charge < -0.3 is 25.4 Å². The molecule has 0 saturated carbocycles. The molecule has 0 aliphatic carbocycles. The summed E-state index contributed by atoms with van der Waals surface area (Å²) in [4.78, 5) is 0. The first-order chi connectivity index (χ1) is 25.5. The van der Waals surface area contributed by atoms with Gasteiger partial charge in [0.25, 0.3) is 0 Å². The average Bonchev–Trinajstić information content (AvgIpc) is 3.80. The molecule has 2 aromatic heterocycles. The van der Waals surface area contributed by atoms with E-state index in [1.54, 1.807) is 6.08 Å². The lowest BCUT2D eigenvalue weighted by Crippen LogP contribution is -2.27. The minimum absolute atomic E-state index is 0.385. The van der Waals surface area contributed by atoms with E-state index in [0.29, 0.717) is 17.7 Å². The molecule has 6 aromatic carbocycles. The number of nitrogens with one attached hydrogen (secondary N) is 2. The molecule has 1 atom stereocenters. The maximum Gasteiger partial charge on any atom is 0.135 e. The van der Waals surface area contributed by atoms with Crippen LogP contribution in [-0.4, -0.2) is 10.3 Å². The number of nitriles is 1. The Balaban J connectivity index is 1.11. The number of fused-ring (bicyclic) bond motifs is 4. The molecule has 4 N–H and O–H groups in total. The van der Waals surface area contributed by atoms with Crippen LogP contribution in [0.1, 0.15) is 34.0 Å². The van der Waals surface area contributed by atoms with Crippen LogP contribution in [0.2, 0.25) is 0 Å². The van der Waals surface area contributed by atoms with Gasteiger partial charge in [-0.05, 0) is 100 Å². The van der Waals surface area contributed by atoms with Crippen molar-refractivity contribution in [1.29, 1.82) is 10.7 Å². The highest BCUT2D eigenvalue weighted by molar-refractivity contribution is 6.07. The molecule has 52 heavy (non-hydrogen) atoms. The van der Waals surface area contributed by atoms with Crippen molar-refractivity contribution in [3.05, 3.63) is 192 Å². The van der Waals surface area contributed by atoms with E-state index in [0.717, 1.165) is 77.6 Å². The summed E-state index contributed by atoms with van der Waals surface area (Å²) in [6, 6.07) is 49.2. The summed E-state index contributed by atoms with van der Waals surface area (Å²) in [5.74, 6) is 0. The van der Waals surface area contributed by atoms with Crippen molar-refractivity contribution < 1.29 is 4.42 Å². The first kappa shape index (κ1) is 32.3. The van der Waals surface area contributed by atoms with Crippen LogP contribution in [0.15, 0.2) is 169 Å². The molecule has 8 rings (SSSR count). The summed E-state index contributed by atoms with van der Waals surface area (Å²) in [5, 5.41) is 24.1. The predicted octanol–water partition coefficient (Wildman–Crippen LogP) is 10.5. The van der Waals surface area contributed by atoms with E-state index >= 15 is 0 Å². The largest absolute Gasteiger partial charge is 0.456 e. The third-order valence-electron chi connectivity index (χ3n) is 9.53. The van der Waals surface area contributed by atoms with E-state index in [1.807, 2.05) is 97.2 Å². The van der Waals surface area contributed by atoms with Crippen molar-refractivity contribution in [2.75, 3.05) is 0 Å². The summed E-state index contributed by atoms with van der Waals surface area (Å²) in [6.45, 7) is 3.73. The lowest BCUT2D eigenvalue weighted by Gasteiger charge is -2.19. The quantitative estimate of drug-likeness (QED) is 0.0993. The topological polar surface area (TPSA) is 104 Å². The Morgan fingerprint density at radius 2 is 1.56 bits per heavy atom. The van der Waals surface area contributed by atoms with Gasteiger partial charge >= 0.3 is 0 Å². The van der Waals surface area contributed by atoms with Crippen LogP contribution >= 0.6 is 0 Å². The van der Waals surface area contributed by atoms with Crippen LogP contribution in [-0.2, 0) is 6.42 Å². The lowest BCUT2D eigenvalue weighted by molar-refractivity contribution is 0.666. The molecule has 0 radical (unpaired) electrons. The van der Waals surface area contributed by atoms with Crippen molar-refractivity contribution in [1.82, 2.24) is 9.88 Å². The highest BCUT2D eigenvalue weighted by atomic mass is 16.3. The van der Waals surface area contributed by atoms with Crippen LogP contribution in [0, 0.1) is 16.7 Å². The van der Waals surface area contributed by atoms with Gasteiger partial charge in [0.2, 0.25) is 0 Å². The van der Waals surface area contributed by atoms with Gasteiger partial charge in [-0.1, -0.05) is 97.6 Å². The number of benzene rings is 6. The van der Waals surface area contributed by atoms with E-state index in [9.17, 15) is 5.26 Å². The van der Waals surface area contributed by atoms with Gasteiger partial charge in [-0.15, -0.1) is 0 Å². The maximum absolute atomic E-state index is 9.34. The second-order valence-electron chi connectivity index (χ2n) is 12.8. The molecule has 2 heterocycles. The van der Waals surface area contributed by atoms with Crippen molar-refractivity contribution in [3.63, 3.8) is 0 Å². The Bertz CT molecular complexity index is 2690. The number of furan rings is 1. The van der Waals surface area contributed by atoms with E-state index in [1.165, 1.54) is 0 Å². The highest BCUT2D eigenvalue weighted by Gasteiger charge is 2.13. The van der Waals surface area contributed by atoms with Crippen molar-refractivity contribution in [2.24, 2.45) is 5.73 Å². The van der Waals surface area contributed by atoms with Crippen molar-refractivity contribution in [3.8, 4) is 22.9 Å². The number of nitrogens with two attached hydrogens (primary N) is 1. The van der Waals surface area contributed by atoms with Gasteiger partial charge in [-0.3, -0.25) is 0 Å². The van der Waals surface area contributed by atoms with Gasteiger partial charge in [0.05, 0.1) is 22.9 Å².